The number of urea groups is 1. The number of thioether (sulfide) groups is 1. The van der Waals surface area contributed by atoms with Crippen LogP contribution in [-0.4, -0.2) is 58.7 Å². The Morgan fingerprint density at radius 1 is 1.42 bits per heavy atom. The molecule has 1 saturated heterocycles. The van der Waals surface area contributed by atoms with Crippen molar-refractivity contribution in [3.8, 4) is 0 Å². The lowest BCUT2D eigenvalue weighted by Gasteiger charge is -2.26. The van der Waals surface area contributed by atoms with Crippen LogP contribution in [0.5, 0.6) is 0 Å². The van der Waals surface area contributed by atoms with E-state index in [0.29, 0.717) is 12.2 Å². The predicted molar refractivity (Wildman–Crippen MR) is 71.9 cm³/mol. The van der Waals surface area contributed by atoms with E-state index >= 15 is 0 Å². The van der Waals surface area contributed by atoms with Crippen molar-refractivity contribution in [1.29, 1.82) is 0 Å². The first-order chi connectivity index (χ1) is 9.01. The number of rotatable bonds is 5. The van der Waals surface area contributed by atoms with Crippen LogP contribution in [0, 0.1) is 0 Å². The van der Waals surface area contributed by atoms with Gasteiger partial charge in [-0.3, -0.25) is 9.69 Å². The maximum atomic E-state index is 12.0. The third-order valence-corrected chi connectivity index (χ3v) is 4.32. The SMILES string of the molecule is CCC1SCC(C(=O)O)N1C(=O)NCCC(=O)NC. The lowest BCUT2D eigenvalue weighted by atomic mass is 10.2. The minimum absolute atomic E-state index is 0.124. The highest BCUT2D eigenvalue weighted by Gasteiger charge is 2.40. The number of carbonyl (C=O) groups is 3. The number of carbonyl (C=O) groups excluding carboxylic acids is 2. The molecule has 1 rings (SSSR count). The molecule has 0 aliphatic carbocycles. The third kappa shape index (κ3) is 4.02. The molecule has 108 valence electrons. The molecule has 0 aromatic carbocycles. The quantitative estimate of drug-likeness (QED) is 0.665. The molecule has 0 saturated carbocycles. The van der Waals surface area contributed by atoms with E-state index in [1.165, 1.54) is 23.7 Å². The van der Waals surface area contributed by atoms with Crippen molar-refractivity contribution in [2.45, 2.75) is 31.2 Å². The van der Waals surface area contributed by atoms with Crippen molar-refractivity contribution in [2.75, 3.05) is 19.3 Å². The number of carboxylic acids is 1. The second kappa shape index (κ2) is 7.22. The summed E-state index contributed by atoms with van der Waals surface area (Å²) in [7, 11) is 1.52. The predicted octanol–water partition coefficient (Wildman–Crippen LogP) is 0.0702. The Morgan fingerprint density at radius 2 is 2.11 bits per heavy atom. The van der Waals surface area contributed by atoms with Gasteiger partial charge in [0.15, 0.2) is 0 Å². The Hall–Kier alpha value is -1.44. The molecule has 1 aliphatic rings. The average molecular weight is 289 g/mol. The largest absolute Gasteiger partial charge is 0.480 e. The molecular formula is C11H19N3O4S. The van der Waals surface area contributed by atoms with Crippen molar-refractivity contribution in [1.82, 2.24) is 15.5 Å². The van der Waals surface area contributed by atoms with Gasteiger partial charge in [-0.05, 0) is 6.42 Å². The second-order valence-electron chi connectivity index (χ2n) is 4.11. The van der Waals surface area contributed by atoms with Gasteiger partial charge < -0.3 is 15.7 Å². The van der Waals surface area contributed by atoms with Crippen molar-refractivity contribution >= 4 is 29.7 Å². The van der Waals surface area contributed by atoms with Crippen LogP contribution in [0.1, 0.15) is 19.8 Å². The molecule has 2 atom stereocenters. The molecular weight excluding hydrogens is 270 g/mol. The molecule has 0 radical (unpaired) electrons. The summed E-state index contributed by atoms with van der Waals surface area (Å²) in [5.74, 6) is -0.765. The van der Waals surface area contributed by atoms with E-state index in [1.54, 1.807) is 0 Å². The highest BCUT2D eigenvalue weighted by molar-refractivity contribution is 8.00. The zero-order valence-electron chi connectivity index (χ0n) is 11.0. The van der Waals surface area contributed by atoms with Gasteiger partial charge in [0.1, 0.15) is 6.04 Å². The highest BCUT2D eigenvalue weighted by atomic mass is 32.2. The lowest BCUT2D eigenvalue weighted by molar-refractivity contribution is -0.141. The molecule has 2 unspecified atom stereocenters. The Labute approximate surface area is 116 Å². The minimum Gasteiger partial charge on any atom is -0.480 e. The molecule has 1 heterocycles. The van der Waals surface area contributed by atoms with Crippen LogP contribution in [0.3, 0.4) is 0 Å². The summed E-state index contributed by atoms with van der Waals surface area (Å²) in [5.41, 5.74) is 0. The van der Waals surface area contributed by atoms with Gasteiger partial charge in [0.05, 0.1) is 5.37 Å². The zero-order chi connectivity index (χ0) is 14.4. The van der Waals surface area contributed by atoms with Gasteiger partial charge in [-0.2, -0.15) is 0 Å². The van der Waals surface area contributed by atoms with Gasteiger partial charge >= 0.3 is 12.0 Å². The Bertz CT molecular complexity index is 364. The topological polar surface area (TPSA) is 98.7 Å². The molecule has 3 amide bonds. The smallest absolute Gasteiger partial charge is 0.327 e. The van der Waals surface area contributed by atoms with Crippen LogP contribution < -0.4 is 10.6 Å². The molecule has 0 spiro atoms. The summed E-state index contributed by atoms with van der Waals surface area (Å²) < 4.78 is 0. The van der Waals surface area contributed by atoms with Gasteiger partial charge in [-0.1, -0.05) is 6.92 Å². The Balaban J connectivity index is 2.56. The van der Waals surface area contributed by atoms with E-state index in [4.69, 9.17) is 5.11 Å². The molecule has 1 fully saturated rings. The molecule has 7 nitrogen and oxygen atoms in total. The van der Waals surface area contributed by atoms with Crippen molar-refractivity contribution in [3.05, 3.63) is 0 Å². The normalized spacial score (nSPS) is 22.1. The Kier molecular flexibility index (Phi) is 5.94. The van der Waals surface area contributed by atoms with E-state index < -0.39 is 18.0 Å². The van der Waals surface area contributed by atoms with E-state index in [2.05, 4.69) is 10.6 Å². The van der Waals surface area contributed by atoms with Gasteiger partial charge in [0, 0.05) is 25.8 Å². The summed E-state index contributed by atoms with van der Waals surface area (Å²) in [6.07, 6.45) is 0.870. The van der Waals surface area contributed by atoms with Gasteiger partial charge in [-0.15, -0.1) is 11.8 Å². The highest BCUT2D eigenvalue weighted by Crippen LogP contribution is 2.31. The molecule has 0 aromatic heterocycles. The summed E-state index contributed by atoms with van der Waals surface area (Å²) in [4.78, 5) is 35.5. The minimum atomic E-state index is -0.995. The fraction of sp³-hybridized carbons (Fsp3) is 0.727. The van der Waals surface area contributed by atoms with Crippen LogP contribution in [0.2, 0.25) is 0 Å². The lowest BCUT2D eigenvalue weighted by Crippen LogP contribution is -2.50. The molecule has 0 aromatic rings. The fourth-order valence-electron chi connectivity index (χ4n) is 1.84. The van der Waals surface area contributed by atoms with Crippen molar-refractivity contribution in [2.24, 2.45) is 0 Å². The average Bonchev–Trinajstić information content (AvgIpc) is 2.82. The van der Waals surface area contributed by atoms with Crippen LogP contribution in [0.4, 0.5) is 4.79 Å². The molecule has 3 N–H and O–H groups in total. The summed E-state index contributed by atoms with van der Waals surface area (Å²) in [5, 5.41) is 14.0. The summed E-state index contributed by atoms with van der Waals surface area (Å²) in [6.45, 7) is 2.11. The number of amides is 3. The summed E-state index contributed by atoms with van der Waals surface area (Å²) >= 11 is 1.46. The first-order valence-electron chi connectivity index (χ1n) is 6.12. The van der Waals surface area contributed by atoms with Gasteiger partial charge in [-0.25, -0.2) is 9.59 Å². The molecule has 0 bridgehead atoms. The number of carboxylic acid groups (broad SMARTS) is 1. The Morgan fingerprint density at radius 3 is 2.63 bits per heavy atom. The van der Waals surface area contributed by atoms with Crippen molar-refractivity contribution < 1.29 is 19.5 Å². The second-order valence-corrected chi connectivity index (χ2v) is 5.32. The number of hydrogen-bond acceptors (Lipinski definition) is 4. The van der Waals surface area contributed by atoms with Crippen LogP contribution >= 0.6 is 11.8 Å². The first-order valence-corrected chi connectivity index (χ1v) is 7.17. The van der Waals surface area contributed by atoms with Gasteiger partial charge in [0.2, 0.25) is 5.91 Å². The number of nitrogens with zero attached hydrogens (tertiary/aromatic N) is 1. The van der Waals surface area contributed by atoms with Crippen LogP contribution in [0.15, 0.2) is 0 Å². The zero-order valence-corrected chi connectivity index (χ0v) is 11.8. The van der Waals surface area contributed by atoms with E-state index in [0.717, 1.165) is 0 Å². The van der Waals surface area contributed by atoms with E-state index in [1.807, 2.05) is 6.92 Å². The van der Waals surface area contributed by atoms with Gasteiger partial charge in [0.25, 0.3) is 0 Å². The third-order valence-electron chi connectivity index (χ3n) is 2.87. The standard InChI is InChI=1S/C11H19N3O4S/c1-3-9-14(7(6-19-9)10(16)17)11(18)13-5-4-8(15)12-2/h7,9H,3-6H2,1-2H3,(H,12,15)(H,13,18)(H,16,17). The van der Waals surface area contributed by atoms with E-state index in [-0.39, 0.29) is 24.2 Å². The maximum absolute atomic E-state index is 12.0. The molecule has 1 aliphatic heterocycles. The molecule has 19 heavy (non-hydrogen) atoms. The van der Waals surface area contributed by atoms with Crippen molar-refractivity contribution in [3.63, 3.8) is 0 Å². The first kappa shape index (κ1) is 15.6. The maximum Gasteiger partial charge on any atom is 0.327 e. The number of hydrogen-bond donors (Lipinski definition) is 3. The molecule has 8 heteroatoms. The van der Waals surface area contributed by atoms with E-state index in [9.17, 15) is 14.4 Å². The van der Waals surface area contributed by atoms with Crippen LogP contribution in [-0.2, 0) is 9.59 Å². The van der Waals surface area contributed by atoms with Crippen LogP contribution in [0.25, 0.3) is 0 Å². The number of aliphatic carboxylic acids is 1. The summed E-state index contributed by atoms with van der Waals surface area (Å²) in [6, 6.07) is -1.22. The number of nitrogens with one attached hydrogen (secondary N) is 2. The fourth-order valence-corrected chi connectivity index (χ4v) is 3.19. The monoisotopic (exact) mass is 289 g/mol.